The summed E-state index contributed by atoms with van der Waals surface area (Å²) in [5.41, 5.74) is 3.02. The van der Waals surface area contributed by atoms with Gasteiger partial charge in [-0.05, 0) is 37.6 Å². The summed E-state index contributed by atoms with van der Waals surface area (Å²) in [4.78, 5) is 12.5. The molecule has 5 heteroatoms. The molecule has 0 N–H and O–H groups in total. The highest BCUT2D eigenvalue weighted by atomic mass is 79.9. The van der Waals surface area contributed by atoms with E-state index in [9.17, 15) is 4.79 Å². The van der Waals surface area contributed by atoms with E-state index in [1.54, 1.807) is 24.0 Å². The Morgan fingerprint density at radius 2 is 2.05 bits per heavy atom. The van der Waals surface area contributed by atoms with Crippen molar-refractivity contribution in [2.24, 2.45) is 7.05 Å². The quantitative estimate of drug-likeness (QED) is 0.671. The molecule has 0 unspecified atom stereocenters. The van der Waals surface area contributed by atoms with Gasteiger partial charge in [-0.2, -0.15) is 5.10 Å². The first-order valence-electron chi connectivity index (χ1n) is 6.20. The number of benzene rings is 1. The summed E-state index contributed by atoms with van der Waals surface area (Å²) in [5, 5.41) is 5.11. The highest BCUT2D eigenvalue weighted by molar-refractivity contribution is 9.10. The smallest absolute Gasteiger partial charge is 0.231 e. The topological polar surface area (TPSA) is 48.0 Å². The van der Waals surface area contributed by atoms with E-state index in [4.69, 9.17) is 4.42 Å². The van der Waals surface area contributed by atoms with Crippen LogP contribution in [0.5, 0.6) is 0 Å². The molecule has 0 fully saturated rings. The average Bonchev–Trinajstić information content (AvgIpc) is 2.92. The Balaban J connectivity index is 2.13. The SMILES string of the molecule is Cc1nn(C)cc1C(=O)c1cc2cc(Br)cc(C)c2o1. The molecular formula is C15H13BrN2O2. The molecule has 4 nitrogen and oxygen atoms in total. The van der Waals surface area contributed by atoms with E-state index in [0.29, 0.717) is 17.0 Å². The lowest BCUT2D eigenvalue weighted by Crippen LogP contribution is -1.99. The van der Waals surface area contributed by atoms with Gasteiger partial charge < -0.3 is 4.42 Å². The van der Waals surface area contributed by atoms with E-state index in [-0.39, 0.29) is 5.78 Å². The first-order valence-corrected chi connectivity index (χ1v) is 6.99. The van der Waals surface area contributed by atoms with Crippen molar-refractivity contribution in [3.63, 3.8) is 0 Å². The van der Waals surface area contributed by atoms with Crippen LogP contribution in [-0.4, -0.2) is 15.6 Å². The molecule has 0 aliphatic carbocycles. The Morgan fingerprint density at radius 1 is 1.30 bits per heavy atom. The molecule has 3 rings (SSSR count). The fourth-order valence-electron chi connectivity index (χ4n) is 2.35. The molecule has 0 atom stereocenters. The van der Waals surface area contributed by atoms with Crippen LogP contribution >= 0.6 is 15.9 Å². The number of furan rings is 1. The standard InChI is InChI=1S/C15H13BrN2O2/c1-8-4-11(16)5-10-6-13(20-15(8)10)14(19)12-7-18(3)17-9(12)2/h4-7H,1-3H3. The van der Waals surface area contributed by atoms with Crippen molar-refractivity contribution in [2.75, 3.05) is 0 Å². The molecule has 0 saturated heterocycles. The van der Waals surface area contributed by atoms with E-state index in [1.165, 1.54) is 0 Å². The largest absolute Gasteiger partial charge is 0.452 e. The highest BCUT2D eigenvalue weighted by Gasteiger charge is 2.19. The zero-order valence-electron chi connectivity index (χ0n) is 11.4. The van der Waals surface area contributed by atoms with Crippen molar-refractivity contribution >= 4 is 32.7 Å². The maximum Gasteiger partial charge on any atom is 0.231 e. The van der Waals surface area contributed by atoms with E-state index in [2.05, 4.69) is 21.0 Å². The van der Waals surface area contributed by atoms with Crippen LogP contribution in [0.3, 0.4) is 0 Å². The lowest BCUT2D eigenvalue weighted by Gasteiger charge is -1.96. The van der Waals surface area contributed by atoms with Crippen LogP contribution in [0.25, 0.3) is 11.0 Å². The molecule has 20 heavy (non-hydrogen) atoms. The second-order valence-electron chi connectivity index (χ2n) is 4.88. The first-order chi connectivity index (χ1) is 9.45. The van der Waals surface area contributed by atoms with E-state index < -0.39 is 0 Å². The third kappa shape index (κ3) is 2.08. The molecule has 0 amide bonds. The molecular weight excluding hydrogens is 320 g/mol. The predicted molar refractivity (Wildman–Crippen MR) is 80.0 cm³/mol. The molecule has 3 aromatic rings. The minimum atomic E-state index is -0.137. The molecule has 0 saturated carbocycles. The normalized spacial score (nSPS) is 11.2. The molecule has 0 aliphatic heterocycles. The first kappa shape index (κ1) is 13.1. The molecule has 0 spiro atoms. The average molecular weight is 333 g/mol. The van der Waals surface area contributed by atoms with Crippen LogP contribution in [0.4, 0.5) is 0 Å². The van der Waals surface area contributed by atoms with Crippen molar-refractivity contribution < 1.29 is 9.21 Å². The fraction of sp³-hybridized carbons (Fsp3) is 0.200. The molecule has 1 aromatic carbocycles. The molecule has 2 aromatic heterocycles. The van der Waals surface area contributed by atoms with Crippen molar-refractivity contribution in [1.82, 2.24) is 9.78 Å². The van der Waals surface area contributed by atoms with Gasteiger partial charge in [0.05, 0.1) is 11.3 Å². The van der Waals surface area contributed by atoms with Crippen LogP contribution in [0.1, 0.15) is 27.4 Å². The summed E-state index contributed by atoms with van der Waals surface area (Å²) in [6, 6.07) is 5.69. The van der Waals surface area contributed by atoms with Gasteiger partial charge in [0.15, 0.2) is 5.76 Å². The Morgan fingerprint density at radius 3 is 2.70 bits per heavy atom. The van der Waals surface area contributed by atoms with Gasteiger partial charge in [-0.3, -0.25) is 9.48 Å². The van der Waals surface area contributed by atoms with Gasteiger partial charge in [-0.25, -0.2) is 0 Å². The van der Waals surface area contributed by atoms with Crippen molar-refractivity contribution in [2.45, 2.75) is 13.8 Å². The summed E-state index contributed by atoms with van der Waals surface area (Å²) >= 11 is 3.45. The highest BCUT2D eigenvalue weighted by Crippen LogP contribution is 2.28. The Kier molecular flexibility index (Phi) is 3.01. The van der Waals surface area contributed by atoms with Gasteiger partial charge in [-0.15, -0.1) is 0 Å². The fourth-order valence-corrected chi connectivity index (χ4v) is 2.94. The van der Waals surface area contributed by atoms with Crippen LogP contribution in [0.2, 0.25) is 0 Å². The van der Waals surface area contributed by atoms with Crippen LogP contribution in [0, 0.1) is 13.8 Å². The van der Waals surface area contributed by atoms with Crippen LogP contribution in [0.15, 0.2) is 33.3 Å². The van der Waals surface area contributed by atoms with Crippen molar-refractivity contribution in [1.29, 1.82) is 0 Å². The lowest BCUT2D eigenvalue weighted by atomic mass is 10.1. The third-order valence-corrected chi connectivity index (χ3v) is 3.71. The minimum Gasteiger partial charge on any atom is -0.452 e. The minimum absolute atomic E-state index is 0.137. The van der Waals surface area contributed by atoms with Crippen LogP contribution < -0.4 is 0 Å². The number of nitrogens with zero attached hydrogens (tertiary/aromatic N) is 2. The molecule has 0 bridgehead atoms. The molecule has 2 heterocycles. The number of hydrogen-bond donors (Lipinski definition) is 0. The summed E-state index contributed by atoms with van der Waals surface area (Å²) in [7, 11) is 1.80. The third-order valence-electron chi connectivity index (χ3n) is 3.25. The second kappa shape index (κ2) is 4.59. The molecule has 0 radical (unpaired) electrons. The van der Waals surface area contributed by atoms with E-state index in [1.807, 2.05) is 26.0 Å². The van der Waals surface area contributed by atoms with Gasteiger partial charge in [-0.1, -0.05) is 15.9 Å². The van der Waals surface area contributed by atoms with Crippen LogP contribution in [-0.2, 0) is 7.05 Å². The second-order valence-corrected chi connectivity index (χ2v) is 5.80. The predicted octanol–water partition coefficient (Wildman–Crippen LogP) is 3.78. The van der Waals surface area contributed by atoms with Gasteiger partial charge in [0, 0.05) is 23.1 Å². The zero-order chi connectivity index (χ0) is 14.4. The number of carbonyl (C=O) groups is 1. The maximum absolute atomic E-state index is 12.5. The van der Waals surface area contributed by atoms with Gasteiger partial charge in [0.2, 0.25) is 5.78 Å². The number of aryl methyl sites for hydroxylation is 3. The monoisotopic (exact) mass is 332 g/mol. The summed E-state index contributed by atoms with van der Waals surface area (Å²) < 4.78 is 8.33. The molecule has 0 aliphatic rings. The summed E-state index contributed by atoms with van der Waals surface area (Å²) in [6.45, 7) is 3.78. The van der Waals surface area contributed by atoms with E-state index >= 15 is 0 Å². The lowest BCUT2D eigenvalue weighted by molar-refractivity contribution is 0.101. The van der Waals surface area contributed by atoms with E-state index in [0.717, 1.165) is 21.0 Å². The number of aromatic nitrogens is 2. The number of ketones is 1. The number of halogens is 1. The van der Waals surface area contributed by atoms with Gasteiger partial charge >= 0.3 is 0 Å². The number of hydrogen-bond acceptors (Lipinski definition) is 3. The number of rotatable bonds is 2. The Hall–Kier alpha value is -1.88. The maximum atomic E-state index is 12.5. The Bertz CT molecular complexity index is 830. The van der Waals surface area contributed by atoms with Crippen molar-refractivity contribution in [3.05, 3.63) is 51.4 Å². The van der Waals surface area contributed by atoms with Gasteiger partial charge in [0.25, 0.3) is 0 Å². The van der Waals surface area contributed by atoms with Gasteiger partial charge in [0.1, 0.15) is 5.58 Å². The molecule has 102 valence electrons. The van der Waals surface area contributed by atoms with Crippen molar-refractivity contribution in [3.8, 4) is 0 Å². The Labute approximate surface area is 124 Å². The summed E-state index contributed by atoms with van der Waals surface area (Å²) in [5.74, 6) is 0.208. The number of fused-ring (bicyclic) bond motifs is 1. The summed E-state index contributed by atoms with van der Waals surface area (Å²) in [6.07, 6.45) is 1.72. The zero-order valence-corrected chi connectivity index (χ0v) is 13.0. The number of carbonyl (C=O) groups excluding carboxylic acids is 1.